The molecule has 0 aliphatic carbocycles. The monoisotopic (exact) mass is 371 g/mol. The molecule has 1 fully saturated rings. The molecule has 2 N–H and O–H groups in total. The highest BCUT2D eigenvalue weighted by atomic mass is 32.1. The lowest BCUT2D eigenvalue weighted by molar-refractivity contribution is -0.126. The van der Waals surface area contributed by atoms with Crippen molar-refractivity contribution in [3.63, 3.8) is 0 Å². The van der Waals surface area contributed by atoms with Crippen LogP contribution in [0, 0.1) is 0 Å². The number of carbonyl (C=O) groups is 1. The zero-order chi connectivity index (χ0) is 17.8. The quantitative estimate of drug-likeness (QED) is 0.698. The van der Waals surface area contributed by atoms with E-state index in [9.17, 15) is 4.79 Å². The van der Waals surface area contributed by atoms with Gasteiger partial charge >= 0.3 is 0 Å². The van der Waals surface area contributed by atoms with Gasteiger partial charge in [-0.15, -0.1) is 11.3 Å². The number of nitrogens with zero attached hydrogens (tertiary/aromatic N) is 1. The minimum Gasteiger partial charge on any atom is -0.379 e. The zero-order valence-electron chi connectivity index (χ0n) is 14.3. The lowest BCUT2D eigenvalue weighted by Crippen LogP contribution is -2.50. The third-order valence-electron chi connectivity index (χ3n) is 4.61. The van der Waals surface area contributed by atoms with Crippen LogP contribution in [0.15, 0.2) is 41.4 Å². The van der Waals surface area contributed by atoms with Crippen LogP contribution in [0.2, 0.25) is 0 Å². The fourth-order valence-corrected chi connectivity index (χ4v) is 3.79. The number of H-pyrrole nitrogens is 1. The van der Waals surface area contributed by atoms with E-state index in [1.807, 2.05) is 35.8 Å². The van der Waals surface area contributed by atoms with Gasteiger partial charge in [-0.3, -0.25) is 4.79 Å². The topological polar surface area (TPSA) is 76.2 Å². The van der Waals surface area contributed by atoms with Gasteiger partial charge in [0.2, 0.25) is 5.91 Å². The molecule has 4 rings (SSSR count). The second kappa shape index (κ2) is 7.99. The van der Waals surface area contributed by atoms with E-state index in [4.69, 9.17) is 9.47 Å². The van der Waals surface area contributed by atoms with Crippen molar-refractivity contribution in [2.45, 2.75) is 31.6 Å². The second-order valence-corrected chi connectivity index (χ2v) is 7.12. The van der Waals surface area contributed by atoms with E-state index in [2.05, 4.69) is 15.3 Å². The molecule has 0 spiro atoms. The highest BCUT2D eigenvalue weighted by Crippen LogP contribution is 2.19. The van der Waals surface area contributed by atoms with Gasteiger partial charge in [0.15, 0.2) is 0 Å². The van der Waals surface area contributed by atoms with Crippen molar-refractivity contribution < 1.29 is 14.3 Å². The predicted molar refractivity (Wildman–Crippen MR) is 100 cm³/mol. The number of carbonyl (C=O) groups excluding carboxylic acids is 1. The van der Waals surface area contributed by atoms with Crippen LogP contribution in [0.25, 0.3) is 10.9 Å². The smallest absolute Gasteiger partial charge is 0.224 e. The van der Waals surface area contributed by atoms with Gasteiger partial charge in [0.05, 0.1) is 36.9 Å². The number of amides is 1. The van der Waals surface area contributed by atoms with Crippen molar-refractivity contribution in [1.82, 2.24) is 15.3 Å². The molecule has 136 valence electrons. The molecular weight excluding hydrogens is 350 g/mol. The van der Waals surface area contributed by atoms with E-state index in [0.29, 0.717) is 26.2 Å². The number of benzene rings is 1. The average molecular weight is 371 g/mol. The Kier molecular flexibility index (Phi) is 5.29. The second-order valence-electron chi connectivity index (χ2n) is 6.40. The van der Waals surface area contributed by atoms with Crippen molar-refractivity contribution in [3.8, 4) is 0 Å². The van der Waals surface area contributed by atoms with Crippen molar-refractivity contribution in [2.24, 2.45) is 0 Å². The van der Waals surface area contributed by atoms with Crippen molar-refractivity contribution in [1.29, 1.82) is 0 Å². The molecule has 1 amide bonds. The fourth-order valence-electron chi connectivity index (χ4n) is 3.25. The van der Waals surface area contributed by atoms with Crippen molar-refractivity contribution in [2.75, 3.05) is 13.2 Å². The first-order valence-electron chi connectivity index (χ1n) is 8.70. The number of rotatable bonds is 6. The van der Waals surface area contributed by atoms with E-state index < -0.39 is 0 Å². The van der Waals surface area contributed by atoms with Crippen LogP contribution in [0.3, 0.4) is 0 Å². The van der Waals surface area contributed by atoms with Gasteiger partial charge in [-0.1, -0.05) is 18.2 Å². The summed E-state index contributed by atoms with van der Waals surface area (Å²) in [5.74, 6) is 0.00362. The molecule has 0 bridgehead atoms. The maximum absolute atomic E-state index is 12.6. The number of ether oxygens (including phenoxy) is 2. The standard InChI is InChI=1S/C19H21N3O3S/c23-19(7-13-8-20-16-4-2-1-3-15(13)16)22-17-5-6-24-10-18(17)25-9-14-11-26-12-21-14/h1-4,8,11-12,17-18,20H,5-7,9-10H2,(H,22,23)/t17-,18-/m1/s1. The molecule has 6 nitrogen and oxygen atoms in total. The van der Waals surface area contributed by atoms with Crippen LogP contribution in [-0.2, 0) is 27.3 Å². The molecule has 1 aromatic carbocycles. The third-order valence-corrected chi connectivity index (χ3v) is 5.24. The highest BCUT2D eigenvalue weighted by Gasteiger charge is 2.28. The number of para-hydroxylation sites is 1. The molecule has 0 radical (unpaired) electrons. The summed E-state index contributed by atoms with van der Waals surface area (Å²) >= 11 is 1.55. The first-order chi connectivity index (χ1) is 12.8. The fraction of sp³-hybridized carbons (Fsp3) is 0.368. The third kappa shape index (κ3) is 3.95. The Morgan fingerprint density at radius 3 is 3.23 bits per heavy atom. The maximum atomic E-state index is 12.6. The molecule has 3 aromatic rings. The lowest BCUT2D eigenvalue weighted by Gasteiger charge is -2.32. The molecule has 1 aliphatic heterocycles. The van der Waals surface area contributed by atoms with Crippen LogP contribution in [-0.4, -0.2) is 41.2 Å². The highest BCUT2D eigenvalue weighted by molar-refractivity contribution is 7.07. The van der Waals surface area contributed by atoms with Gasteiger partial charge in [-0.25, -0.2) is 4.98 Å². The summed E-state index contributed by atoms with van der Waals surface area (Å²) in [4.78, 5) is 20.0. The number of aromatic amines is 1. The molecular formula is C19H21N3O3S. The van der Waals surface area contributed by atoms with Gasteiger partial charge in [-0.2, -0.15) is 0 Å². The Morgan fingerprint density at radius 2 is 2.35 bits per heavy atom. The average Bonchev–Trinajstić information content (AvgIpc) is 3.31. The number of thiazole rings is 1. The summed E-state index contributed by atoms with van der Waals surface area (Å²) in [7, 11) is 0. The Bertz CT molecular complexity index is 862. The summed E-state index contributed by atoms with van der Waals surface area (Å²) in [5.41, 5.74) is 4.75. The van der Waals surface area contributed by atoms with Gasteiger partial charge in [-0.05, 0) is 18.1 Å². The zero-order valence-corrected chi connectivity index (χ0v) is 15.1. The van der Waals surface area contributed by atoms with Crippen LogP contribution in [0.5, 0.6) is 0 Å². The minimum atomic E-state index is -0.155. The lowest BCUT2D eigenvalue weighted by atomic mass is 10.0. The van der Waals surface area contributed by atoms with Crippen LogP contribution in [0.4, 0.5) is 0 Å². The molecule has 1 saturated heterocycles. The molecule has 0 unspecified atom stereocenters. The number of hydrogen-bond donors (Lipinski definition) is 2. The van der Waals surface area contributed by atoms with Crippen LogP contribution in [0.1, 0.15) is 17.7 Å². The Balaban J connectivity index is 1.37. The number of nitrogens with one attached hydrogen (secondary N) is 2. The summed E-state index contributed by atoms with van der Waals surface area (Å²) in [5, 5.41) is 6.18. The molecule has 2 atom stereocenters. The van der Waals surface area contributed by atoms with Crippen molar-refractivity contribution in [3.05, 3.63) is 52.6 Å². The first-order valence-corrected chi connectivity index (χ1v) is 9.64. The molecule has 0 saturated carbocycles. The van der Waals surface area contributed by atoms with E-state index in [1.165, 1.54) is 0 Å². The van der Waals surface area contributed by atoms with Crippen LogP contribution < -0.4 is 5.32 Å². The minimum absolute atomic E-state index is 0.00362. The van der Waals surface area contributed by atoms with Gasteiger partial charge < -0.3 is 19.8 Å². The molecule has 7 heteroatoms. The number of hydrogen-bond acceptors (Lipinski definition) is 5. The van der Waals surface area contributed by atoms with Gasteiger partial charge in [0, 0.05) is 29.1 Å². The summed E-state index contributed by atoms with van der Waals surface area (Å²) in [6.07, 6.45) is 2.85. The Labute approximate surface area is 155 Å². The maximum Gasteiger partial charge on any atom is 0.224 e. The summed E-state index contributed by atoms with van der Waals surface area (Å²) in [6.45, 7) is 1.56. The molecule has 2 aromatic heterocycles. The summed E-state index contributed by atoms with van der Waals surface area (Å²) in [6, 6.07) is 7.97. The van der Waals surface area contributed by atoms with Crippen LogP contribution >= 0.6 is 11.3 Å². The molecule has 3 heterocycles. The van der Waals surface area contributed by atoms with E-state index >= 15 is 0 Å². The van der Waals surface area contributed by atoms with E-state index in [0.717, 1.165) is 28.6 Å². The largest absolute Gasteiger partial charge is 0.379 e. The number of fused-ring (bicyclic) bond motifs is 1. The Hall–Kier alpha value is -2.22. The number of aromatic nitrogens is 2. The van der Waals surface area contributed by atoms with Gasteiger partial charge in [0.25, 0.3) is 0 Å². The SMILES string of the molecule is O=C(Cc1c[nH]c2ccccc12)N[C@@H]1CCOC[C@H]1OCc1cscn1. The van der Waals surface area contributed by atoms with Gasteiger partial charge in [0.1, 0.15) is 6.10 Å². The predicted octanol–water partition coefficient (Wildman–Crippen LogP) is 2.66. The molecule has 1 aliphatic rings. The van der Waals surface area contributed by atoms with E-state index in [1.54, 1.807) is 16.8 Å². The summed E-state index contributed by atoms with van der Waals surface area (Å²) < 4.78 is 11.5. The Morgan fingerprint density at radius 1 is 1.42 bits per heavy atom. The first kappa shape index (κ1) is 17.2. The van der Waals surface area contributed by atoms with Crippen molar-refractivity contribution >= 4 is 28.1 Å². The van der Waals surface area contributed by atoms with E-state index in [-0.39, 0.29) is 18.1 Å². The normalized spacial score (nSPS) is 20.3. The molecule has 26 heavy (non-hydrogen) atoms.